The highest BCUT2D eigenvalue weighted by Gasteiger charge is 2.21. The summed E-state index contributed by atoms with van der Waals surface area (Å²) in [6.07, 6.45) is 5.26. The smallest absolute Gasteiger partial charge is 0.0688 e. The summed E-state index contributed by atoms with van der Waals surface area (Å²) >= 11 is 9.69. The molecule has 1 N–H and O–H groups in total. The van der Waals surface area contributed by atoms with Gasteiger partial charge in [0.15, 0.2) is 0 Å². The highest BCUT2D eigenvalue weighted by Crippen LogP contribution is 2.34. The number of aryl methyl sites for hydroxylation is 1. The number of nitrogens with zero attached hydrogens (tertiary/aromatic N) is 1. The van der Waals surface area contributed by atoms with Crippen LogP contribution in [0.2, 0.25) is 5.02 Å². The first-order valence-electron chi connectivity index (χ1n) is 6.39. The Kier molecular flexibility index (Phi) is 3.76. The summed E-state index contributed by atoms with van der Waals surface area (Å²) in [6, 6.07) is 10.3. The quantitative estimate of drug-likeness (QED) is 0.835. The largest absolute Gasteiger partial charge is 0.375 e. The summed E-state index contributed by atoms with van der Waals surface area (Å²) in [7, 11) is 0. The fourth-order valence-electron chi connectivity index (χ4n) is 2.54. The van der Waals surface area contributed by atoms with E-state index in [-0.39, 0.29) is 6.04 Å². The number of nitrogens with one attached hydrogen (secondary N) is 1. The fourth-order valence-corrected chi connectivity index (χ4v) is 3.27. The van der Waals surface area contributed by atoms with E-state index in [0.717, 1.165) is 33.7 Å². The van der Waals surface area contributed by atoms with Gasteiger partial charge in [0.05, 0.1) is 22.4 Å². The van der Waals surface area contributed by atoms with Gasteiger partial charge in [-0.1, -0.05) is 33.6 Å². The van der Waals surface area contributed by atoms with Crippen LogP contribution in [0.4, 0.5) is 5.69 Å². The molecule has 0 aliphatic heterocycles. The number of halogens is 2. The molecule has 1 heterocycles. The second-order valence-corrected chi connectivity index (χ2v) is 6.08. The van der Waals surface area contributed by atoms with Gasteiger partial charge in [0.1, 0.15) is 0 Å². The monoisotopic (exact) mass is 336 g/mol. The van der Waals surface area contributed by atoms with Crippen molar-refractivity contribution in [3.63, 3.8) is 0 Å². The highest BCUT2D eigenvalue weighted by atomic mass is 79.9. The maximum absolute atomic E-state index is 6.26. The van der Waals surface area contributed by atoms with Crippen molar-refractivity contribution in [3.05, 3.63) is 57.3 Å². The van der Waals surface area contributed by atoms with E-state index in [1.54, 1.807) is 0 Å². The third-order valence-electron chi connectivity index (χ3n) is 3.46. The van der Waals surface area contributed by atoms with Crippen LogP contribution < -0.4 is 5.32 Å². The van der Waals surface area contributed by atoms with E-state index < -0.39 is 0 Å². The predicted octanol–water partition coefficient (Wildman–Crippen LogP) is 4.99. The molecule has 0 saturated heterocycles. The Morgan fingerprint density at radius 3 is 3.05 bits per heavy atom. The topological polar surface area (TPSA) is 24.9 Å². The zero-order valence-electron chi connectivity index (χ0n) is 10.4. The van der Waals surface area contributed by atoms with E-state index in [2.05, 4.69) is 32.3 Å². The van der Waals surface area contributed by atoms with Gasteiger partial charge in [0.25, 0.3) is 0 Å². The number of benzene rings is 1. The Labute approximate surface area is 126 Å². The van der Waals surface area contributed by atoms with E-state index in [9.17, 15) is 0 Å². The average Bonchev–Trinajstić information content (AvgIpc) is 2.42. The van der Waals surface area contributed by atoms with Crippen molar-refractivity contribution in [2.45, 2.75) is 25.3 Å². The van der Waals surface area contributed by atoms with Crippen LogP contribution in [0.25, 0.3) is 0 Å². The standard InChI is InChI=1S/C15H14BrClN2/c16-11-6-7-13(12(17)9-11)19-14-5-1-3-10-4-2-8-18-15(10)14/h2,4,6-9,14,19H,1,3,5H2. The molecule has 0 amide bonds. The SMILES string of the molecule is Clc1cc(Br)ccc1NC1CCCc2cccnc21. The number of fused-ring (bicyclic) bond motifs is 1. The van der Waals surface area contributed by atoms with Crippen LogP contribution in [0.15, 0.2) is 41.0 Å². The lowest BCUT2D eigenvalue weighted by Crippen LogP contribution is -2.19. The first-order valence-corrected chi connectivity index (χ1v) is 7.56. The first-order chi connectivity index (χ1) is 9.24. The van der Waals surface area contributed by atoms with Gasteiger partial charge < -0.3 is 5.32 Å². The van der Waals surface area contributed by atoms with Crippen LogP contribution >= 0.6 is 27.5 Å². The number of anilines is 1. The normalized spacial score (nSPS) is 17.9. The number of aromatic nitrogens is 1. The molecule has 0 saturated carbocycles. The zero-order valence-corrected chi connectivity index (χ0v) is 12.7. The van der Waals surface area contributed by atoms with Gasteiger partial charge in [0, 0.05) is 10.7 Å². The molecule has 0 spiro atoms. The summed E-state index contributed by atoms with van der Waals surface area (Å²) in [5.41, 5.74) is 3.47. The van der Waals surface area contributed by atoms with Gasteiger partial charge in [0.2, 0.25) is 0 Å². The second-order valence-electron chi connectivity index (χ2n) is 4.76. The van der Waals surface area contributed by atoms with Crippen LogP contribution in [0.1, 0.15) is 30.1 Å². The molecule has 0 bridgehead atoms. The minimum absolute atomic E-state index is 0.253. The average molecular weight is 338 g/mol. The van der Waals surface area contributed by atoms with E-state index in [1.807, 2.05) is 30.5 Å². The van der Waals surface area contributed by atoms with E-state index in [0.29, 0.717) is 0 Å². The second kappa shape index (κ2) is 5.51. The number of hydrogen-bond acceptors (Lipinski definition) is 2. The summed E-state index contributed by atoms with van der Waals surface area (Å²) in [6.45, 7) is 0. The predicted molar refractivity (Wildman–Crippen MR) is 82.7 cm³/mol. The molecule has 2 aromatic rings. The van der Waals surface area contributed by atoms with Gasteiger partial charge in [-0.05, 0) is 49.1 Å². The summed E-state index contributed by atoms with van der Waals surface area (Å²) in [5.74, 6) is 0. The molecule has 1 aliphatic carbocycles. The Balaban J connectivity index is 1.88. The highest BCUT2D eigenvalue weighted by molar-refractivity contribution is 9.10. The van der Waals surface area contributed by atoms with Crippen molar-refractivity contribution >= 4 is 33.2 Å². The van der Waals surface area contributed by atoms with Crippen molar-refractivity contribution in [3.8, 4) is 0 Å². The number of pyridine rings is 1. The first kappa shape index (κ1) is 12.9. The van der Waals surface area contributed by atoms with Crippen LogP contribution in [0.5, 0.6) is 0 Å². The fraction of sp³-hybridized carbons (Fsp3) is 0.267. The molecule has 1 aromatic carbocycles. The molecule has 0 radical (unpaired) electrons. The van der Waals surface area contributed by atoms with E-state index >= 15 is 0 Å². The molecule has 98 valence electrons. The van der Waals surface area contributed by atoms with E-state index in [1.165, 1.54) is 12.0 Å². The molecule has 0 fully saturated rings. The van der Waals surface area contributed by atoms with E-state index in [4.69, 9.17) is 11.6 Å². The van der Waals surface area contributed by atoms with Crippen molar-refractivity contribution < 1.29 is 0 Å². The van der Waals surface area contributed by atoms with Crippen molar-refractivity contribution in [2.24, 2.45) is 0 Å². The van der Waals surface area contributed by atoms with Crippen LogP contribution in [-0.2, 0) is 6.42 Å². The van der Waals surface area contributed by atoms with Gasteiger partial charge >= 0.3 is 0 Å². The van der Waals surface area contributed by atoms with Gasteiger partial charge in [-0.15, -0.1) is 0 Å². The Bertz CT molecular complexity index is 600. The van der Waals surface area contributed by atoms with Gasteiger partial charge in [-0.25, -0.2) is 0 Å². The molecule has 1 unspecified atom stereocenters. The maximum Gasteiger partial charge on any atom is 0.0688 e. The Morgan fingerprint density at radius 2 is 2.21 bits per heavy atom. The minimum atomic E-state index is 0.253. The molecular weight excluding hydrogens is 324 g/mol. The van der Waals surface area contributed by atoms with Crippen LogP contribution in [0.3, 0.4) is 0 Å². The maximum atomic E-state index is 6.26. The number of hydrogen-bond donors (Lipinski definition) is 1. The molecule has 2 nitrogen and oxygen atoms in total. The molecule has 4 heteroatoms. The van der Waals surface area contributed by atoms with Crippen molar-refractivity contribution in [1.29, 1.82) is 0 Å². The van der Waals surface area contributed by atoms with Gasteiger partial charge in [-0.2, -0.15) is 0 Å². The molecule has 1 atom stereocenters. The lowest BCUT2D eigenvalue weighted by atomic mass is 9.92. The zero-order chi connectivity index (χ0) is 13.2. The third-order valence-corrected chi connectivity index (χ3v) is 4.26. The molecule has 3 rings (SSSR count). The molecular formula is C15H14BrClN2. The van der Waals surface area contributed by atoms with Crippen LogP contribution in [-0.4, -0.2) is 4.98 Å². The Morgan fingerprint density at radius 1 is 1.32 bits per heavy atom. The molecule has 1 aliphatic rings. The van der Waals surface area contributed by atoms with Crippen LogP contribution in [0, 0.1) is 0 Å². The van der Waals surface area contributed by atoms with Gasteiger partial charge in [-0.3, -0.25) is 4.98 Å². The minimum Gasteiger partial charge on any atom is -0.375 e. The summed E-state index contributed by atoms with van der Waals surface area (Å²) in [5, 5.41) is 4.25. The van der Waals surface area contributed by atoms with Crippen molar-refractivity contribution in [2.75, 3.05) is 5.32 Å². The lowest BCUT2D eigenvalue weighted by molar-refractivity contribution is 0.583. The molecule has 1 aromatic heterocycles. The van der Waals surface area contributed by atoms with Crippen molar-refractivity contribution in [1.82, 2.24) is 4.98 Å². The Hall–Kier alpha value is -1.06. The number of rotatable bonds is 2. The third kappa shape index (κ3) is 2.77. The summed E-state index contributed by atoms with van der Waals surface area (Å²) in [4.78, 5) is 4.53. The molecule has 19 heavy (non-hydrogen) atoms. The summed E-state index contributed by atoms with van der Waals surface area (Å²) < 4.78 is 0.991. The lowest BCUT2D eigenvalue weighted by Gasteiger charge is -2.26.